The SMILES string of the molecule is CC(C)CC(C)COc1cnc(B2OC(C)(C)C(C)(C)O2)cc1C(F)F. The Morgan fingerprint density at radius 3 is 2.19 bits per heavy atom. The molecule has 2 heterocycles. The number of ether oxygens (including phenoxy) is 1. The summed E-state index contributed by atoms with van der Waals surface area (Å²) in [7, 11) is -0.772. The molecule has 0 N–H and O–H groups in total. The molecule has 0 amide bonds. The van der Waals surface area contributed by atoms with E-state index in [-0.39, 0.29) is 17.2 Å². The quantitative estimate of drug-likeness (QED) is 0.669. The molecule has 0 aliphatic carbocycles. The molecule has 0 radical (unpaired) electrons. The van der Waals surface area contributed by atoms with E-state index in [2.05, 4.69) is 18.8 Å². The monoisotopic (exact) mass is 369 g/mol. The van der Waals surface area contributed by atoms with E-state index < -0.39 is 24.7 Å². The van der Waals surface area contributed by atoms with Crippen LogP contribution in [0.2, 0.25) is 0 Å². The van der Waals surface area contributed by atoms with Crippen LogP contribution in [-0.4, -0.2) is 29.9 Å². The van der Waals surface area contributed by atoms with Crippen molar-refractivity contribution in [3.63, 3.8) is 0 Å². The Balaban J connectivity index is 2.16. The van der Waals surface area contributed by atoms with Crippen molar-refractivity contribution in [1.82, 2.24) is 4.98 Å². The van der Waals surface area contributed by atoms with Crippen LogP contribution in [0.1, 0.15) is 66.9 Å². The summed E-state index contributed by atoms with van der Waals surface area (Å²) >= 11 is 0. The molecule has 0 spiro atoms. The highest BCUT2D eigenvalue weighted by molar-refractivity contribution is 6.61. The Hall–Kier alpha value is -1.21. The van der Waals surface area contributed by atoms with Gasteiger partial charge in [0.1, 0.15) is 5.75 Å². The first kappa shape index (κ1) is 21.1. The lowest BCUT2D eigenvalue weighted by atomic mass is 9.83. The molecule has 0 aromatic carbocycles. The Morgan fingerprint density at radius 1 is 1.12 bits per heavy atom. The normalized spacial score (nSPS) is 20.0. The second kappa shape index (κ2) is 7.81. The summed E-state index contributed by atoms with van der Waals surface area (Å²) in [4.78, 5) is 4.27. The van der Waals surface area contributed by atoms with Crippen molar-refractivity contribution in [2.45, 2.75) is 72.5 Å². The van der Waals surface area contributed by atoms with Crippen LogP contribution in [-0.2, 0) is 9.31 Å². The van der Waals surface area contributed by atoms with Gasteiger partial charge < -0.3 is 14.0 Å². The molecule has 1 atom stereocenters. The first-order chi connectivity index (χ1) is 11.9. The summed E-state index contributed by atoms with van der Waals surface area (Å²) in [5, 5.41) is 0. The van der Waals surface area contributed by atoms with Gasteiger partial charge in [-0.15, -0.1) is 0 Å². The maximum absolute atomic E-state index is 13.5. The van der Waals surface area contributed by atoms with Crippen LogP contribution in [0.25, 0.3) is 0 Å². The van der Waals surface area contributed by atoms with Gasteiger partial charge in [0.2, 0.25) is 0 Å². The molecular weight excluding hydrogens is 339 g/mol. The van der Waals surface area contributed by atoms with Crippen LogP contribution in [0.4, 0.5) is 8.78 Å². The lowest BCUT2D eigenvalue weighted by Crippen LogP contribution is -2.41. The van der Waals surface area contributed by atoms with Gasteiger partial charge in [-0.05, 0) is 52.0 Å². The van der Waals surface area contributed by atoms with E-state index in [1.165, 1.54) is 12.3 Å². The molecule has 0 bridgehead atoms. The van der Waals surface area contributed by atoms with E-state index in [9.17, 15) is 8.78 Å². The Bertz CT molecular complexity index is 607. The summed E-state index contributed by atoms with van der Waals surface area (Å²) in [6.45, 7) is 14.3. The van der Waals surface area contributed by atoms with Crippen molar-refractivity contribution in [2.24, 2.45) is 11.8 Å². The molecular formula is C19H30BF2NO3. The molecule has 2 rings (SSSR count). The third kappa shape index (κ3) is 4.74. The summed E-state index contributed by atoms with van der Waals surface area (Å²) in [5.41, 5.74) is -0.944. The van der Waals surface area contributed by atoms with Crippen molar-refractivity contribution in [1.29, 1.82) is 0 Å². The van der Waals surface area contributed by atoms with Gasteiger partial charge in [-0.1, -0.05) is 20.8 Å². The fourth-order valence-electron chi connectivity index (χ4n) is 2.96. The first-order valence-electron chi connectivity index (χ1n) is 9.19. The van der Waals surface area contributed by atoms with E-state index in [0.29, 0.717) is 18.1 Å². The predicted molar refractivity (Wildman–Crippen MR) is 99.0 cm³/mol. The molecule has 146 valence electrons. The van der Waals surface area contributed by atoms with Gasteiger partial charge in [0.15, 0.2) is 0 Å². The molecule has 0 saturated carbocycles. The molecule has 1 aliphatic heterocycles. The maximum atomic E-state index is 13.5. The Morgan fingerprint density at radius 2 is 1.69 bits per heavy atom. The molecule has 1 unspecified atom stereocenters. The molecule has 4 nitrogen and oxygen atoms in total. The minimum atomic E-state index is -2.66. The number of aromatic nitrogens is 1. The van der Waals surface area contributed by atoms with E-state index in [0.717, 1.165) is 6.42 Å². The Labute approximate surface area is 155 Å². The van der Waals surface area contributed by atoms with Crippen molar-refractivity contribution in [2.75, 3.05) is 6.61 Å². The molecule has 1 aromatic heterocycles. The van der Waals surface area contributed by atoms with Crippen molar-refractivity contribution in [3.05, 3.63) is 17.8 Å². The molecule has 1 aliphatic rings. The van der Waals surface area contributed by atoms with Crippen LogP contribution in [0.3, 0.4) is 0 Å². The smallest absolute Gasteiger partial charge is 0.491 e. The average Bonchev–Trinajstić information content (AvgIpc) is 2.72. The fourth-order valence-corrected chi connectivity index (χ4v) is 2.96. The summed E-state index contributed by atoms with van der Waals surface area (Å²) in [6.07, 6.45) is -0.331. The molecule has 7 heteroatoms. The fraction of sp³-hybridized carbons (Fsp3) is 0.737. The second-order valence-corrected chi connectivity index (χ2v) is 8.58. The third-order valence-corrected chi connectivity index (χ3v) is 5.05. The lowest BCUT2D eigenvalue weighted by Gasteiger charge is -2.32. The van der Waals surface area contributed by atoms with Gasteiger partial charge in [0.05, 0.1) is 35.2 Å². The van der Waals surface area contributed by atoms with E-state index in [1.807, 2.05) is 34.6 Å². The van der Waals surface area contributed by atoms with Gasteiger partial charge in [-0.25, -0.2) is 8.78 Å². The van der Waals surface area contributed by atoms with Crippen molar-refractivity contribution in [3.8, 4) is 5.75 Å². The standard InChI is InChI=1S/C19H30BF2NO3/c1-12(2)8-13(3)11-24-15-10-23-16(9-14(15)17(21)22)20-25-18(4,5)19(6,7)26-20/h9-10,12-13,17H,8,11H2,1-7H3. The van der Waals surface area contributed by atoms with Crippen LogP contribution < -0.4 is 10.3 Å². The van der Waals surface area contributed by atoms with Gasteiger partial charge in [-0.2, -0.15) is 0 Å². The zero-order chi connectivity index (χ0) is 19.7. The third-order valence-electron chi connectivity index (χ3n) is 5.05. The van der Waals surface area contributed by atoms with Gasteiger partial charge in [0.25, 0.3) is 6.43 Å². The minimum Gasteiger partial charge on any atom is -0.491 e. The van der Waals surface area contributed by atoms with E-state index in [4.69, 9.17) is 14.0 Å². The highest BCUT2D eigenvalue weighted by Crippen LogP contribution is 2.37. The number of nitrogens with zero attached hydrogens (tertiary/aromatic N) is 1. The number of halogens is 2. The summed E-state index contributed by atoms with van der Waals surface area (Å²) in [5.74, 6) is 0.936. The molecule has 1 fully saturated rings. The highest BCUT2D eigenvalue weighted by atomic mass is 19.3. The number of hydrogen-bond acceptors (Lipinski definition) is 4. The van der Waals surface area contributed by atoms with Crippen LogP contribution in [0.5, 0.6) is 5.75 Å². The minimum absolute atomic E-state index is 0.121. The van der Waals surface area contributed by atoms with Gasteiger partial charge >= 0.3 is 7.12 Å². The Kier molecular flexibility index (Phi) is 6.34. The largest absolute Gasteiger partial charge is 0.514 e. The zero-order valence-corrected chi connectivity index (χ0v) is 16.8. The predicted octanol–water partition coefficient (Wildman–Crippen LogP) is 4.38. The number of alkyl halides is 2. The van der Waals surface area contributed by atoms with Crippen LogP contribution in [0.15, 0.2) is 12.3 Å². The molecule has 1 aromatic rings. The highest BCUT2D eigenvalue weighted by Gasteiger charge is 2.52. The van der Waals surface area contributed by atoms with Crippen LogP contribution >= 0.6 is 0 Å². The van der Waals surface area contributed by atoms with E-state index in [1.54, 1.807) is 0 Å². The molecule has 26 heavy (non-hydrogen) atoms. The van der Waals surface area contributed by atoms with Gasteiger partial charge in [-0.3, -0.25) is 4.98 Å². The van der Waals surface area contributed by atoms with Crippen molar-refractivity contribution < 1.29 is 22.8 Å². The number of pyridine rings is 1. The van der Waals surface area contributed by atoms with Crippen molar-refractivity contribution >= 4 is 12.7 Å². The van der Waals surface area contributed by atoms with Crippen LogP contribution in [0, 0.1) is 11.8 Å². The average molecular weight is 369 g/mol. The lowest BCUT2D eigenvalue weighted by molar-refractivity contribution is 0.00578. The zero-order valence-electron chi connectivity index (χ0n) is 16.8. The van der Waals surface area contributed by atoms with E-state index >= 15 is 0 Å². The topological polar surface area (TPSA) is 40.6 Å². The molecule has 1 saturated heterocycles. The first-order valence-corrected chi connectivity index (χ1v) is 9.19. The second-order valence-electron chi connectivity index (χ2n) is 8.58. The summed E-state index contributed by atoms with van der Waals surface area (Å²) < 4.78 is 44.5. The van der Waals surface area contributed by atoms with Gasteiger partial charge in [0, 0.05) is 0 Å². The maximum Gasteiger partial charge on any atom is 0.514 e. The number of hydrogen-bond donors (Lipinski definition) is 0. The number of rotatable bonds is 7. The summed E-state index contributed by atoms with van der Waals surface area (Å²) in [6, 6.07) is 1.33.